The molecule has 2 aromatic rings. The predicted octanol–water partition coefficient (Wildman–Crippen LogP) is 0.963. The van der Waals surface area contributed by atoms with E-state index in [9.17, 15) is 9.59 Å². The molecule has 1 aromatic carbocycles. The Morgan fingerprint density at radius 1 is 1.33 bits per heavy atom. The molecule has 2 amide bonds. The minimum absolute atomic E-state index is 0.0238. The van der Waals surface area contributed by atoms with Gasteiger partial charge in [0.2, 0.25) is 11.8 Å². The number of aryl methyl sites for hydroxylation is 1. The molecule has 1 aliphatic rings. The summed E-state index contributed by atoms with van der Waals surface area (Å²) in [4.78, 5) is 26.2. The molecule has 0 aliphatic carbocycles. The van der Waals surface area contributed by atoms with Crippen LogP contribution >= 0.6 is 0 Å². The van der Waals surface area contributed by atoms with Crippen LogP contribution in [0.25, 0.3) is 0 Å². The molecule has 1 saturated heterocycles. The van der Waals surface area contributed by atoms with Crippen LogP contribution in [0.15, 0.2) is 36.7 Å². The van der Waals surface area contributed by atoms with E-state index in [2.05, 4.69) is 15.5 Å². The molecular formula is C17H21N5O2. The summed E-state index contributed by atoms with van der Waals surface area (Å²) >= 11 is 0. The number of rotatable bonds is 6. The highest BCUT2D eigenvalue weighted by molar-refractivity contribution is 5.89. The van der Waals surface area contributed by atoms with Gasteiger partial charge in [0.25, 0.3) is 0 Å². The largest absolute Gasteiger partial charge is 0.348 e. The highest BCUT2D eigenvalue weighted by Gasteiger charge is 2.34. The lowest BCUT2D eigenvalue weighted by atomic mass is 10.1. The van der Waals surface area contributed by atoms with Gasteiger partial charge in [0, 0.05) is 26.1 Å². The van der Waals surface area contributed by atoms with Crippen LogP contribution in [0, 0.1) is 5.92 Å². The molecule has 24 heavy (non-hydrogen) atoms. The topological polar surface area (TPSA) is 80.1 Å². The van der Waals surface area contributed by atoms with Crippen molar-refractivity contribution in [3.8, 4) is 0 Å². The fraction of sp³-hybridized carbons (Fsp3) is 0.412. The second-order valence-electron chi connectivity index (χ2n) is 5.91. The summed E-state index contributed by atoms with van der Waals surface area (Å²) in [5.74, 6) is 0.329. The molecule has 1 fully saturated rings. The van der Waals surface area contributed by atoms with Crippen LogP contribution in [0.4, 0.5) is 0 Å². The van der Waals surface area contributed by atoms with Gasteiger partial charge in [-0.3, -0.25) is 9.59 Å². The van der Waals surface area contributed by atoms with Crippen molar-refractivity contribution in [1.29, 1.82) is 0 Å². The van der Waals surface area contributed by atoms with Crippen molar-refractivity contribution in [2.24, 2.45) is 5.92 Å². The average Bonchev–Trinajstić information content (AvgIpc) is 3.20. The maximum absolute atomic E-state index is 12.3. The molecule has 1 aromatic heterocycles. The third-order valence-electron chi connectivity index (χ3n) is 4.26. The fourth-order valence-electron chi connectivity index (χ4n) is 2.89. The van der Waals surface area contributed by atoms with E-state index in [0.717, 1.165) is 17.9 Å². The van der Waals surface area contributed by atoms with Gasteiger partial charge in [-0.05, 0) is 12.5 Å². The van der Waals surface area contributed by atoms with Crippen LogP contribution in [0.5, 0.6) is 0 Å². The highest BCUT2D eigenvalue weighted by Crippen LogP contribution is 2.20. The summed E-state index contributed by atoms with van der Waals surface area (Å²) in [7, 11) is 0. The lowest BCUT2D eigenvalue weighted by Gasteiger charge is -2.16. The first-order chi connectivity index (χ1) is 11.7. The highest BCUT2D eigenvalue weighted by atomic mass is 16.2. The molecule has 0 spiro atoms. The monoisotopic (exact) mass is 327 g/mol. The molecule has 0 radical (unpaired) electrons. The number of hydrogen-bond donors (Lipinski definition) is 1. The molecule has 7 nitrogen and oxygen atoms in total. The molecule has 1 aliphatic heterocycles. The molecule has 0 bridgehead atoms. The zero-order chi connectivity index (χ0) is 16.9. The van der Waals surface area contributed by atoms with Gasteiger partial charge < -0.3 is 14.8 Å². The Hall–Kier alpha value is -2.70. The molecule has 126 valence electrons. The Morgan fingerprint density at radius 2 is 2.12 bits per heavy atom. The summed E-state index contributed by atoms with van der Waals surface area (Å²) in [5.41, 5.74) is 1.07. The first-order valence-corrected chi connectivity index (χ1v) is 8.13. The number of benzene rings is 1. The molecular weight excluding hydrogens is 306 g/mol. The zero-order valence-corrected chi connectivity index (χ0v) is 13.7. The van der Waals surface area contributed by atoms with E-state index >= 15 is 0 Å². The van der Waals surface area contributed by atoms with Gasteiger partial charge >= 0.3 is 0 Å². The Kier molecular flexibility index (Phi) is 4.88. The number of carbonyl (C=O) groups excluding carboxylic acids is 2. The Labute approximate surface area is 140 Å². The van der Waals surface area contributed by atoms with Gasteiger partial charge in [0.05, 0.1) is 12.5 Å². The SMILES string of the molecule is CCn1cnnc1CNC(=O)C1CC(=O)N(Cc2ccccc2)C1. The smallest absolute Gasteiger partial charge is 0.225 e. The van der Waals surface area contributed by atoms with E-state index in [1.165, 1.54) is 0 Å². The second kappa shape index (κ2) is 7.25. The quantitative estimate of drug-likeness (QED) is 0.857. The van der Waals surface area contributed by atoms with Crippen LogP contribution in [0.2, 0.25) is 0 Å². The van der Waals surface area contributed by atoms with Crippen molar-refractivity contribution >= 4 is 11.8 Å². The molecule has 1 unspecified atom stereocenters. The second-order valence-corrected chi connectivity index (χ2v) is 5.91. The Morgan fingerprint density at radius 3 is 2.88 bits per heavy atom. The van der Waals surface area contributed by atoms with Crippen LogP contribution in [0.1, 0.15) is 24.7 Å². The Balaban J connectivity index is 1.54. The van der Waals surface area contributed by atoms with Crippen LogP contribution in [-0.2, 0) is 29.2 Å². The summed E-state index contributed by atoms with van der Waals surface area (Å²) < 4.78 is 1.88. The van der Waals surface area contributed by atoms with E-state index in [-0.39, 0.29) is 24.2 Å². The van der Waals surface area contributed by atoms with E-state index < -0.39 is 0 Å². The van der Waals surface area contributed by atoms with Gasteiger partial charge in [-0.15, -0.1) is 10.2 Å². The lowest BCUT2D eigenvalue weighted by molar-refractivity contribution is -0.129. The maximum atomic E-state index is 12.3. The average molecular weight is 327 g/mol. The van der Waals surface area contributed by atoms with Gasteiger partial charge in [0.1, 0.15) is 6.33 Å². The van der Waals surface area contributed by atoms with Crippen LogP contribution < -0.4 is 5.32 Å². The van der Waals surface area contributed by atoms with Crippen molar-refractivity contribution in [3.63, 3.8) is 0 Å². The summed E-state index contributed by atoms with van der Waals surface area (Å²) in [6.45, 7) is 4.08. The third-order valence-corrected chi connectivity index (χ3v) is 4.26. The molecule has 1 atom stereocenters. The minimum atomic E-state index is -0.306. The van der Waals surface area contributed by atoms with Crippen molar-refractivity contribution in [1.82, 2.24) is 25.0 Å². The standard InChI is InChI=1S/C17H21N5O2/c1-2-21-12-19-20-15(21)9-18-17(24)14-8-16(23)22(11-14)10-13-6-4-3-5-7-13/h3-7,12,14H,2,8-11H2,1H3,(H,18,24). The number of carbonyl (C=O) groups is 2. The van der Waals surface area contributed by atoms with Crippen molar-refractivity contribution in [2.75, 3.05) is 6.54 Å². The molecule has 1 N–H and O–H groups in total. The predicted molar refractivity (Wildman–Crippen MR) is 87.5 cm³/mol. The van der Waals surface area contributed by atoms with Gasteiger partial charge in [-0.1, -0.05) is 30.3 Å². The van der Waals surface area contributed by atoms with E-state index in [0.29, 0.717) is 19.6 Å². The number of aromatic nitrogens is 3. The van der Waals surface area contributed by atoms with Gasteiger partial charge in [0.15, 0.2) is 5.82 Å². The Bertz CT molecular complexity index is 713. The summed E-state index contributed by atoms with van der Waals surface area (Å²) in [6, 6.07) is 9.81. The van der Waals surface area contributed by atoms with Crippen molar-refractivity contribution < 1.29 is 9.59 Å². The molecule has 3 rings (SSSR count). The third kappa shape index (κ3) is 3.61. The van der Waals surface area contributed by atoms with Crippen LogP contribution in [0.3, 0.4) is 0 Å². The van der Waals surface area contributed by atoms with E-state index in [1.54, 1.807) is 11.2 Å². The first-order valence-electron chi connectivity index (χ1n) is 8.13. The number of amides is 2. The fourth-order valence-corrected chi connectivity index (χ4v) is 2.89. The summed E-state index contributed by atoms with van der Waals surface area (Å²) in [6.07, 6.45) is 1.90. The first kappa shape index (κ1) is 16.2. The van der Waals surface area contributed by atoms with Crippen molar-refractivity contribution in [2.45, 2.75) is 33.0 Å². The normalized spacial score (nSPS) is 17.3. The van der Waals surface area contributed by atoms with Gasteiger partial charge in [-0.2, -0.15) is 0 Å². The van der Waals surface area contributed by atoms with E-state index in [1.807, 2.05) is 41.8 Å². The number of likely N-dealkylation sites (tertiary alicyclic amines) is 1. The zero-order valence-electron chi connectivity index (χ0n) is 13.7. The molecule has 2 heterocycles. The molecule has 7 heteroatoms. The van der Waals surface area contributed by atoms with Crippen LogP contribution in [-0.4, -0.2) is 38.0 Å². The van der Waals surface area contributed by atoms with Gasteiger partial charge in [-0.25, -0.2) is 0 Å². The molecule has 0 saturated carbocycles. The minimum Gasteiger partial charge on any atom is -0.348 e. The number of hydrogen-bond acceptors (Lipinski definition) is 4. The maximum Gasteiger partial charge on any atom is 0.225 e. The number of nitrogens with one attached hydrogen (secondary N) is 1. The number of nitrogens with zero attached hydrogens (tertiary/aromatic N) is 4. The van der Waals surface area contributed by atoms with Crippen molar-refractivity contribution in [3.05, 3.63) is 48.0 Å². The van der Waals surface area contributed by atoms with E-state index in [4.69, 9.17) is 0 Å². The summed E-state index contributed by atoms with van der Waals surface area (Å²) in [5, 5.41) is 10.7. The lowest BCUT2D eigenvalue weighted by Crippen LogP contribution is -2.33.